The number of ether oxygens (including phenoxy) is 2. The third kappa shape index (κ3) is 4.75. The number of benzene rings is 3. The van der Waals surface area contributed by atoms with Crippen molar-refractivity contribution in [3.63, 3.8) is 0 Å². The van der Waals surface area contributed by atoms with Gasteiger partial charge in [-0.1, -0.05) is 18.2 Å². The molecule has 1 aromatic heterocycles. The van der Waals surface area contributed by atoms with Gasteiger partial charge in [0, 0.05) is 39.8 Å². The summed E-state index contributed by atoms with van der Waals surface area (Å²) in [5.74, 6) is -0.681. The standard InChI is InChI=1S/C28H25F2NO4/c1-5-34-27-17(3)28-21(22(15-35-28)19-8-6-7-9-25(19)33-4)14-20(27)16(2)12-26(32)31-24-13-18(29)10-11-23(24)30/h6-15H,5H2,1-4H3,(H,31,32)/b16-12+. The fourth-order valence-electron chi connectivity index (χ4n) is 4.05. The van der Waals surface area contributed by atoms with E-state index >= 15 is 0 Å². The van der Waals surface area contributed by atoms with Gasteiger partial charge in [-0.05, 0) is 50.6 Å². The van der Waals surface area contributed by atoms with E-state index in [4.69, 9.17) is 13.9 Å². The second-order valence-electron chi connectivity index (χ2n) is 7.98. The van der Waals surface area contributed by atoms with Crippen LogP contribution in [0.4, 0.5) is 14.5 Å². The van der Waals surface area contributed by atoms with Crippen LogP contribution in [0.15, 0.2) is 65.3 Å². The lowest BCUT2D eigenvalue weighted by Gasteiger charge is -2.15. The van der Waals surface area contributed by atoms with Crippen molar-refractivity contribution in [2.45, 2.75) is 20.8 Å². The van der Waals surface area contributed by atoms with Crippen LogP contribution in [-0.4, -0.2) is 19.6 Å². The van der Waals surface area contributed by atoms with Crippen molar-refractivity contribution in [2.75, 3.05) is 19.0 Å². The third-order valence-corrected chi connectivity index (χ3v) is 5.69. The smallest absolute Gasteiger partial charge is 0.248 e. The van der Waals surface area contributed by atoms with Gasteiger partial charge in [0.1, 0.15) is 28.7 Å². The highest BCUT2D eigenvalue weighted by Crippen LogP contribution is 2.42. The van der Waals surface area contributed by atoms with Gasteiger partial charge in [0.25, 0.3) is 0 Å². The molecular formula is C28H25F2NO4. The Bertz CT molecular complexity index is 1440. The van der Waals surface area contributed by atoms with Crippen LogP contribution in [0.2, 0.25) is 0 Å². The molecule has 0 fully saturated rings. The van der Waals surface area contributed by atoms with Crippen molar-refractivity contribution in [1.82, 2.24) is 0 Å². The molecule has 1 N–H and O–H groups in total. The van der Waals surface area contributed by atoms with E-state index in [1.807, 2.05) is 44.2 Å². The summed E-state index contributed by atoms with van der Waals surface area (Å²) in [6, 6.07) is 12.4. The molecule has 1 amide bonds. The Balaban J connectivity index is 1.81. The molecule has 3 aromatic carbocycles. The van der Waals surface area contributed by atoms with E-state index in [1.54, 1.807) is 20.3 Å². The minimum atomic E-state index is -0.724. The van der Waals surface area contributed by atoms with Crippen LogP contribution in [0.3, 0.4) is 0 Å². The lowest BCUT2D eigenvalue weighted by Crippen LogP contribution is -2.10. The van der Waals surface area contributed by atoms with Gasteiger partial charge in [0.05, 0.1) is 25.7 Å². The van der Waals surface area contributed by atoms with E-state index < -0.39 is 17.5 Å². The minimum Gasteiger partial charge on any atom is -0.496 e. The number of carbonyl (C=O) groups is 1. The highest BCUT2D eigenvalue weighted by Gasteiger charge is 2.20. The fraction of sp³-hybridized carbons (Fsp3) is 0.179. The number of nitrogens with one attached hydrogen (secondary N) is 1. The van der Waals surface area contributed by atoms with Gasteiger partial charge in [0.2, 0.25) is 5.91 Å². The number of hydrogen-bond acceptors (Lipinski definition) is 4. The van der Waals surface area contributed by atoms with Gasteiger partial charge in [-0.2, -0.15) is 0 Å². The summed E-state index contributed by atoms with van der Waals surface area (Å²) in [6.07, 6.45) is 3.00. The molecule has 0 radical (unpaired) electrons. The van der Waals surface area contributed by atoms with Crippen molar-refractivity contribution in [2.24, 2.45) is 0 Å². The molecule has 0 aliphatic heterocycles. The highest BCUT2D eigenvalue weighted by atomic mass is 19.1. The predicted molar refractivity (Wildman–Crippen MR) is 133 cm³/mol. The summed E-state index contributed by atoms with van der Waals surface area (Å²) >= 11 is 0. The van der Waals surface area contributed by atoms with Gasteiger partial charge in [-0.15, -0.1) is 0 Å². The maximum Gasteiger partial charge on any atom is 0.248 e. The number of allylic oxidation sites excluding steroid dienone is 1. The van der Waals surface area contributed by atoms with Crippen LogP contribution < -0.4 is 14.8 Å². The average molecular weight is 478 g/mol. The molecule has 0 unspecified atom stereocenters. The van der Waals surface area contributed by atoms with Crippen LogP contribution in [-0.2, 0) is 4.79 Å². The Labute approximate surface area is 202 Å². The third-order valence-electron chi connectivity index (χ3n) is 5.69. The Kier molecular flexibility index (Phi) is 6.87. The molecule has 1 heterocycles. The maximum atomic E-state index is 14.0. The highest BCUT2D eigenvalue weighted by molar-refractivity contribution is 6.06. The number of amides is 1. The zero-order valence-corrected chi connectivity index (χ0v) is 19.9. The van der Waals surface area contributed by atoms with Gasteiger partial charge in [-0.3, -0.25) is 4.79 Å². The molecule has 0 bridgehead atoms. The van der Waals surface area contributed by atoms with Crippen LogP contribution in [0, 0.1) is 18.6 Å². The second kappa shape index (κ2) is 10.0. The van der Waals surface area contributed by atoms with Crippen molar-refractivity contribution in [1.29, 1.82) is 0 Å². The number of halogens is 2. The van der Waals surface area contributed by atoms with Gasteiger partial charge in [0.15, 0.2) is 0 Å². The predicted octanol–water partition coefficient (Wildman–Crippen LogP) is 7.14. The number of fused-ring (bicyclic) bond motifs is 1. The van der Waals surface area contributed by atoms with E-state index in [2.05, 4.69) is 5.32 Å². The van der Waals surface area contributed by atoms with Gasteiger partial charge in [-0.25, -0.2) is 8.78 Å². The van der Waals surface area contributed by atoms with Crippen molar-refractivity contribution < 1.29 is 27.5 Å². The van der Waals surface area contributed by atoms with Crippen LogP contribution in [0.25, 0.3) is 27.7 Å². The molecule has 0 aliphatic rings. The van der Waals surface area contributed by atoms with E-state index in [0.29, 0.717) is 34.8 Å². The fourth-order valence-corrected chi connectivity index (χ4v) is 4.05. The van der Waals surface area contributed by atoms with E-state index in [1.165, 1.54) is 6.08 Å². The number of furan rings is 1. The number of methoxy groups -OCH3 is 1. The first-order chi connectivity index (χ1) is 16.8. The van der Waals surface area contributed by atoms with Crippen molar-refractivity contribution in [3.8, 4) is 22.6 Å². The first kappa shape index (κ1) is 24.0. The summed E-state index contributed by atoms with van der Waals surface area (Å²) in [5, 5.41) is 3.22. The number of aryl methyl sites for hydroxylation is 1. The monoisotopic (exact) mass is 477 g/mol. The molecule has 35 heavy (non-hydrogen) atoms. The zero-order valence-electron chi connectivity index (χ0n) is 19.9. The number of para-hydroxylation sites is 1. The van der Waals surface area contributed by atoms with Crippen LogP contribution in [0.5, 0.6) is 11.5 Å². The molecule has 0 saturated carbocycles. The molecule has 0 aliphatic carbocycles. The van der Waals surface area contributed by atoms with Crippen molar-refractivity contribution in [3.05, 3.63) is 83.6 Å². The van der Waals surface area contributed by atoms with Crippen LogP contribution in [0.1, 0.15) is 25.0 Å². The SMILES string of the molecule is CCOc1c(/C(C)=C/C(=O)Nc2cc(F)ccc2F)cc2c(-c3ccccc3OC)coc2c1C. The topological polar surface area (TPSA) is 60.7 Å². The molecule has 0 atom stereocenters. The normalized spacial score (nSPS) is 11.5. The summed E-state index contributed by atoms with van der Waals surface area (Å²) in [5.41, 5.74) is 4.18. The first-order valence-corrected chi connectivity index (χ1v) is 11.1. The van der Waals surface area contributed by atoms with Gasteiger partial charge >= 0.3 is 0 Å². The van der Waals surface area contributed by atoms with E-state index in [0.717, 1.165) is 40.3 Å². The number of rotatable bonds is 7. The molecule has 4 aromatic rings. The second-order valence-corrected chi connectivity index (χ2v) is 7.98. The molecule has 5 nitrogen and oxygen atoms in total. The average Bonchev–Trinajstić information content (AvgIpc) is 3.27. The maximum absolute atomic E-state index is 14.0. The largest absolute Gasteiger partial charge is 0.496 e. The van der Waals surface area contributed by atoms with Crippen LogP contribution >= 0.6 is 0 Å². The quantitative estimate of drug-likeness (QED) is 0.288. The number of hydrogen-bond donors (Lipinski definition) is 1. The summed E-state index contributed by atoms with van der Waals surface area (Å²) in [4.78, 5) is 12.6. The Hall–Kier alpha value is -4.13. The molecule has 4 rings (SSSR count). The minimum absolute atomic E-state index is 0.232. The number of carbonyl (C=O) groups excluding carboxylic acids is 1. The molecule has 0 spiro atoms. The Morgan fingerprint density at radius 3 is 2.63 bits per heavy atom. The zero-order chi connectivity index (χ0) is 25.1. The molecule has 180 valence electrons. The lowest BCUT2D eigenvalue weighted by atomic mass is 9.96. The molecule has 7 heteroatoms. The Morgan fingerprint density at radius 2 is 1.89 bits per heavy atom. The van der Waals surface area contributed by atoms with Crippen molar-refractivity contribution >= 4 is 28.1 Å². The first-order valence-electron chi connectivity index (χ1n) is 11.1. The molecular weight excluding hydrogens is 452 g/mol. The summed E-state index contributed by atoms with van der Waals surface area (Å²) in [6.45, 7) is 5.93. The lowest BCUT2D eigenvalue weighted by molar-refractivity contribution is -0.111. The van der Waals surface area contributed by atoms with Gasteiger partial charge < -0.3 is 19.2 Å². The Morgan fingerprint density at radius 1 is 1.11 bits per heavy atom. The van der Waals surface area contributed by atoms with E-state index in [-0.39, 0.29) is 5.69 Å². The summed E-state index contributed by atoms with van der Waals surface area (Å²) in [7, 11) is 1.61. The summed E-state index contributed by atoms with van der Waals surface area (Å²) < 4.78 is 44.8. The molecule has 0 saturated heterocycles. The van der Waals surface area contributed by atoms with E-state index in [9.17, 15) is 13.6 Å². The number of anilines is 1.